The highest BCUT2D eigenvalue weighted by molar-refractivity contribution is 8.00. The van der Waals surface area contributed by atoms with Gasteiger partial charge >= 0.3 is 5.97 Å². The molecular weight excluding hydrogens is 587 g/mol. The molecule has 1 atom stereocenters. The lowest BCUT2D eigenvalue weighted by Gasteiger charge is -2.23. The summed E-state index contributed by atoms with van der Waals surface area (Å²) in [5.41, 5.74) is 3.17. The Bertz CT molecular complexity index is 1670. The molecule has 0 fully saturated rings. The van der Waals surface area contributed by atoms with Gasteiger partial charge in [0.15, 0.2) is 0 Å². The van der Waals surface area contributed by atoms with Crippen LogP contribution in [-0.4, -0.2) is 35.1 Å². The van der Waals surface area contributed by atoms with Crippen molar-refractivity contribution in [1.82, 2.24) is 0 Å². The van der Waals surface area contributed by atoms with Crippen molar-refractivity contribution in [2.24, 2.45) is 0 Å². The van der Waals surface area contributed by atoms with E-state index in [1.54, 1.807) is 25.1 Å². The molecule has 4 aromatic rings. The van der Waals surface area contributed by atoms with Crippen molar-refractivity contribution in [2.75, 3.05) is 23.0 Å². The first-order valence-corrected chi connectivity index (χ1v) is 15.6. The number of thiophene rings is 1. The Labute approximate surface area is 256 Å². The number of esters is 1. The lowest BCUT2D eigenvalue weighted by molar-refractivity contribution is -0.384. The average Bonchev–Trinajstić information content (AvgIpc) is 3.37. The molecule has 3 aromatic carbocycles. The topological polar surface area (TPSA) is 128 Å². The Balaban J connectivity index is 1.25. The van der Waals surface area contributed by atoms with Gasteiger partial charge in [-0.1, -0.05) is 42.5 Å². The average molecular weight is 616 g/mol. The predicted molar refractivity (Wildman–Crippen MR) is 168 cm³/mol. The minimum absolute atomic E-state index is 0.0831. The van der Waals surface area contributed by atoms with Gasteiger partial charge in [0.1, 0.15) is 5.00 Å². The molecule has 43 heavy (non-hydrogen) atoms. The number of amides is 2. The number of carbonyl (C=O) groups is 3. The van der Waals surface area contributed by atoms with Gasteiger partial charge < -0.3 is 15.4 Å². The molecule has 1 aromatic heterocycles. The van der Waals surface area contributed by atoms with E-state index in [-0.39, 0.29) is 29.5 Å². The predicted octanol–water partition coefficient (Wildman–Crippen LogP) is 7.09. The van der Waals surface area contributed by atoms with Crippen molar-refractivity contribution in [3.05, 3.63) is 116 Å². The van der Waals surface area contributed by atoms with Crippen LogP contribution in [0.1, 0.15) is 56.0 Å². The summed E-state index contributed by atoms with van der Waals surface area (Å²) in [4.78, 5) is 51.0. The summed E-state index contributed by atoms with van der Waals surface area (Å²) in [7, 11) is 0. The summed E-state index contributed by atoms with van der Waals surface area (Å²) >= 11 is 2.73. The molecule has 1 heterocycles. The second kappa shape index (κ2) is 13.7. The van der Waals surface area contributed by atoms with E-state index < -0.39 is 16.8 Å². The SMILES string of the molecule is CCOC(=O)c1c(NC(=O)CSc2cccc(NC(=O)c3cccc([N+](=O)[O-])c3)c2)sc2c1CCC(c1ccccc1)C2. The number of nitro benzene ring substituents is 1. The van der Waals surface area contributed by atoms with Crippen molar-refractivity contribution in [3.8, 4) is 0 Å². The molecule has 0 bridgehead atoms. The first kappa shape index (κ1) is 30.0. The molecule has 1 unspecified atom stereocenters. The van der Waals surface area contributed by atoms with E-state index >= 15 is 0 Å². The quantitative estimate of drug-likeness (QED) is 0.0844. The molecule has 0 saturated carbocycles. The Morgan fingerprint density at radius 3 is 2.58 bits per heavy atom. The Kier molecular flexibility index (Phi) is 9.53. The molecule has 11 heteroatoms. The third-order valence-electron chi connectivity index (χ3n) is 7.05. The van der Waals surface area contributed by atoms with Crippen LogP contribution in [0.25, 0.3) is 0 Å². The number of fused-ring (bicyclic) bond motifs is 1. The van der Waals surface area contributed by atoms with Crippen molar-refractivity contribution in [2.45, 2.75) is 37.0 Å². The lowest BCUT2D eigenvalue weighted by atomic mass is 9.83. The molecule has 0 aliphatic heterocycles. The monoisotopic (exact) mass is 615 g/mol. The number of non-ortho nitro benzene ring substituents is 1. The van der Waals surface area contributed by atoms with Crippen LogP contribution >= 0.6 is 23.1 Å². The van der Waals surface area contributed by atoms with Gasteiger partial charge in [-0.2, -0.15) is 0 Å². The molecule has 2 amide bonds. The van der Waals surface area contributed by atoms with Gasteiger partial charge in [0.2, 0.25) is 5.91 Å². The Morgan fingerprint density at radius 1 is 1.02 bits per heavy atom. The van der Waals surface area contributed by atoms with E-state index in [0.29, 0.717) is 22.2 Å². The maximum absolute atomic E-state index is 13.0. The first-order valence-electron chi connectivity index (χ1n) is 13.8. The molecule has 2 N–H and O–H groups in total. The fourth-order valence-electron chi connectivity index (χ4n) is 5.04. The number of benzene rings is 3. The normalized spacial score (nSPS) is 13.9. The van der Waals surface area contributed by atoms with Gasteiger partial charge in [-0.15, -0.1) is 23.1 Å². The summed E-state index contributed by atoms with van der Waals surface area (Å²) in [6.07, 6.45) is 2.45. The van der Waals surface area contributed by atoms with Crippen molar-refractivity contribution in [1.29, 1.82) is 0 Å². The number of thioether (sulfide) groups is 1. The number of ether oxygens (including phenoxy) is 1. The zero-order valence-corrected chi connectivity index (χ0v) is 25.0. The van der Waals surface area contributed by atoms with Gasteiger partial charge in [0.25, 0.3) is 11.6 Å². The number of hydrogen-bond donors (Lipinski definition) is 2. The van der Waals surface area contributed by atoms with E-state index in [2.05, 4.69) is 22.8 Å². The van der Waals surface area contributed by atoms with Crippen LogP contribution in [0.2, 0.25) is 0 Å². The largest absolute Gasteiger partial charge is 0.462 e. The van der Waals surface area contributed by atoms with Gasteiger partial charge in [0, 0.05) is 33.2 Å². The molecule has 220 valence electrons. The summed E-state index contributed by atoms with van der Waals surface area (Å²) in [6.45, 7) is 2.00. The highest BCUT2D eigenvalue weighted by Gasteiger charge is 2.31. The molecule has 1 aliphatic carbocycles. The molecular formula is C32H29N3O6S2. The van der Waals surface area contributed by atoms with Crippen LogP contribution in [0.4, 0.5) is 16.4 Å². The standard InChI is InChI=1S/C32H29N3O6S2/c1-2-41-32(38)29-26-15-14-21(20-8-4-3-5-9-20)17-27(26)43-31(29)34-28(36)19-42-25-13-7-11-23(18-25)33-30(37)22-10-6-12-24(16-22)35(39)40/h3-13,16,18,21H,2,14-15,17,19H2,1H3,(H,33,37)(H,34,36). The van der Waals surface area contributed by atoms with Crippen LogP contribution in [-0.2, 0) is 22.4 Å². The second-order valence-corrected chi connectivity index (χ2v) is 12.1. The van der Waals surface area contributed by atoms with E-state index in [4.69, 9.17) is 4.74 Å². The van der Waals surface area contributed by atoms with Crippen LogP contribution in [0, 0.1) is 10.1 Å². The van der Waals surface area contributed by atoms with Crippen molar-refractivity contribution >= 4 is 57.3 Å². The van der Waals surface area contributed by atoms with Crippen LogP contribution in [0.3, 0.4) is 0 Å². The third kappa shape index (κ3) is 7.30. The zero-order chi connectivity index (χ0) is 30.3. The van der Waals surface area contributed by atoms with Crippen LogP contribution in [0.5, 0.6) is 0 Å². The highest BCUT2D eigenvalue weighted by atomic mass is 32.2. The van der Waals surface area contributed by atoms with Gasteiger partial charge in [0.05, 0.1) is 22.8 Å². The smallest absolute Gasteiger partial charge is 0.341 e. The fourth-order valence-corrected chi connectivity index (χ4v) is 7.13. The molecule has 9 nitrogen and oxygen atoms in total. The summed E-state index contributed by atoms with van der Waals surface area (Å²) in [6, 6.07) is 22.8. The van der Waals surface area contributed by atoms with Gasteiger partial charge in [-0.25, -0.2) is 4.79 Å². The Hall–Kier alpha value is -4.48. The fraction of sp³-hybridized carbons (Fsp3) is 0.219. The van der Waals surface area contributed by atoms with E-state index in [9.17, 15) is 24.5 Å². The van der Waals surface area contributed by atoms with Crippen molar-refractivity contribution in [3.63, 3.8) is 0 Å². The van der Waals surface area contributed by atoms with Gasteiger partial charge in [-0.3, -0.25) is 19.7 Å². The van der Waals surface area contributed by atoms with Crippen molar-refractivity contribution < 1.29 is 24.0 Å². The number of rotatable bonds is 10. The second-order valence-electron chi connectivity index (χ2n) is 9.91. The number of hydrogen-bond acceptors (Lipinski definition) is 8. The first-order chi connectivity index (χ1) is 20.8. The number of anilines is 2. The summed E-state index contributed by atoms with van der Waals surface area (Å²) in [5, 5.41) is 17.2. The maximum Gasteiger partial charge on any atom is 0.341 e. The molecule has 0 saturated heterocycles. The van der Waals surface area contributed by atoms with Gasteiger partial charge in [-0.05, 0) is 67.5 Å². The highest BCUT2D eigenvalue weighted by Crippen LogP contribution is 2.43. The Morgan fingerprint density at radius 2 is 1.81 bits per heavy atom. The zero-order valence-electron chi connectivity index (χ0n) is 23.3. The minimum Gasteiger partial charge on any atom is -0.462 e. The van der Waals surface area contributed by atoms with E-state index in [1.807, 2.05) is 24.3 Å². The van der Waals surface area contributed by atoms with Crippen LogP contribution in [0.15, 0.2) is 83.8 Å². The number of carbonyl (C=O) groups excluding carboxylic acids is 3. The third-order valence-corrected chi connectivity index (χ3v) is 9.21. The molecule has 5 rings (SSSR count). The summed E-state index contributed by atoms with van der Waals surface area (Å²) in [5.74, 6) is -0.731. The molecule has 1 aliphatic rings. The maximum atomic E-state index is 13.0. The number of nitro groups is 1. The minimum atomic E-state index is -0.554. The van der Waals surface area contributed by atoms with E-state index in [0.717, 1.165) is 34.6 Å². The van der Waals surface area contributed by atoms with E-state index in [1.165, 1.54) is 52.9 Å². The molecule has 0 radical (unpaired) electrons. The van der Waals surface area contributed by atoms with Crippen LogP contribution < -0.4 is 10.6 Å². The number of nitrogens with one attached hydrogen (secondary N) is 2. The summed E-state index contributed by atoms with van der Waals surface area (Å²) < 4.78 is 5.35. The number of nitrogens with zero attached hydrogens (tertiary/aromatic N) is 1. The lowest BCUT2D eigenvalue weighted by Crippen LogP contribution is -2.18. The molecule has 0 spiro atoms.